The van der Waals surface area contributed by atoms with Crippen LogP contribution in [0.2, 0.25) is 0 Å². The maximum atomic E-state index is 5.52. The number of hydrogen-bond donors (Lipinski definition) is 0. The Balaban J connectivity index is 1.51. The SMILES string of the molecule is CC(C)C1(CN2CC3(CCOC3)C2)CC1. The summed E-state index contributed by atoms with van der Waals surface area (Å²) in [4.78, 5) is 2.67. The molecule has 1 aliphatic carbocycles. The van der Waals surface area contributed by atoms with Gasteiger partial charge in [0.15, 0.2) is 0 Å². The van der Waals surface area contributed by atoms with E-state index in [2.05, 4.69) is 18.7 Å². The van der Waals surface area contributed by atoms with Crippen molar-refractivity contribution >= 4 is 0 Å². The van der Waals surface area contributed by atoms with Gasteiger partial charge < -0.3 is 9.64 Å². The van der Waals surface area contributed by atoms with Gasteiger partial charge in [0.25, 0.3) is 0 Å². The molecule has 1 spiro atoms. The molecule has 0 aromatic carbocycles. The van der Waals surface area contributed by atoms with Crippen LogP contribution < -0.4 is 0 Å². The Kier molecular flexibility index (Phi) is 2.16. The lowest BCUT2D eigenvalue weighted by Crippen LogP contribution is -2.58. The number of rotatable bonds is 3. The summed E-state index contributed by atoms with van der Waals surface area (Å²) in [7, 11) is 0. The molecular formula is C13H23NO. The van der Waals surface area contributed by atoms with Gasteiger partial charge in [-0.1, -0.05) is 13.8 Å². The molecule has 2 aliphatic heterocycles. The quantitative estimate of drug-likeness (QED) is 0.706. The van der Waals surface area contributed by atoms with Crippen LogP contribution >= 0.6 is 0 Å². The van der Waals surface area contributed by atoms with Crippen LogP contribution in [0.25, 0.3) is 0 Å². The molecule has 2 saturated heterocycles. The molecule has 3 rings (SSSR count). The number of nitrogens with zero attached hydrogens (tertiary/aromatic N) is 1. The molecule has 2 heteroatoms. The lowest BCUT2D eigenvalue weighted by molar-refractivity contribution is -0.0238. The second kappa shape index (κ2) is 3.21. The van der Waals surface area contributed by atoms with E-state index >= 15 is 0 Å². The summed E-state index contributed by atoms with van der Waals surface area (Å²) in [5, 5.41) is 0. The van der Waals surface area contributed by atoms with E-state index in [0.29, 0.717) is 10.8 Å². The highest BCUT2D eigenvalue weighted by atomic mass is 16.5. The number of hydrogen-bond acceptors (Lipinski definition) is 2. The molecule has 2 heterocycles. The van der Waals surface area contributed by atoms with Crippen LogP contribution in [0.3, 0.4) is 0 Å². The van der Waals surface area contributed by atoms with E-state index in [0.717, 1.165) is 19.1 Å². The van der Waals surface area contributed by atoms with Gasteiger partial charge in [-0.15, -0.1) is 0 Å². The minimum atomic E-state index is 0.576. The number of likely N-dealkylation sites (tertiary alicyclic amines) is 1. The van der Waals surface area contributed by atoms with E-state index < -0.39 is 0 Å². The van der Waals surface area contributed by atoms with Crippen LogP contribution in [0.15, 0.2) is 0 Å². The summed E-state index contributed by atoms with van der Waals surface area (Å²) in [5.74, 6) is 0.869. The van der Waals surface area contributed by atoms with Gasteiger partial charge in [0, 0.05) is 31.7 Å². The Hall–Kier alpha value is -0.0800. The lowest BCUT2D eigenvalue weighted by Gasteiger charge is -2.49. The van der Waals surface area contributed by atoms with Crippen molar-refractivity contribution in [3.8, 4) is 0 Å². The van der Waals surface area contributed by atoms with Crippen LogP contribution in [-0.4, -0.2) is 37.7 Å². The van der Waals surface area contributed by atoms with Crippen LogP contribution in [0.5, 0.6) is 0 Å². The minimum Gasteiger partial charge on any atom is -0.381 e. The van der Waals surface area contributed by atoms with Gasteiger partial charge in [-0.3, -0.25) is 0 Å². The molecule has 3 aliphatic rings. The third-order valence-corrected chi connectivity index (χ3v) is 4.96. The topological polar surface area (TPSA) is 12.5 Å². The average Bonchev–Trinajstić information content (AvgIpc) is 2.74. The van der Waals surface area contributed by atoms with Gasteiger partial charge >= 0.3 is 0 Å². The highest BCUT2D eigenvalue weighted by Crippen LogP contribution is 2.54. The van der Waals surface area contributed by atoms with E-state index in [-0.39, 0.29) is 0 Å². The minimum absolute atomic E-state index is 0.576. The number of ether oxygens (including phenoxy) is 1. The third-order valence-electron chi connectivity index (χ3n) is 4.96. The molecule has 0 amide bonds. The molecule has 0 atom stereocenters. The van der Waals surface area contributed by atoms with E-state index in [1.165, 1.54) is 38.9 Å². The van der Waals surface area contributed by atoms with E-state index in [1.807, 2.05) is 0 Å². The van der Waals surface area contributed by atoms with Gasteiger partial charge in [-0.05, 0) is 30.6 Å². The Bertz CT molecular complexity index is 243. The monoisotopic (exact) mass is 209 g/mol. The van der Waals surface area contributed by atoms with Crippen molar-refractivity contribution in [1.82, 2.24) is 4.90 Å². The van der Waals surface area contributed by atoms with Crippen molar-refractivity contribution in [1.29, 1.82) is 0 Å². The second-order valence-corrected chi connectivity index (χ2v) is 6.46. The highest BCUT2D eigenvalue weighted by Gasteiger charge is 2.52. The Labute approximate surface area is 93.0 Å². The summed E-state index contributed by atoms with van der Waals surface area (Å²) in [5.41, 5.74) is 1.27. The zero-order chi connectivity index (χ0) is 10.5. The first-order valence-electron chi connectivity index (χ1n) is 6.44. The second-order valence-electron chi connectivity index (χ2n) is 6.46. The van der Waals surface area contributed by atoms with Gasteiger partial charge in [0.05, 0.1) is 6.61 Å². The first kappa shape index (κ1) is 10.1. The fourth-order valence-electron chi connectivity index (χ4n) is 3.44. The molecule has 0 aromatic heterocycles. The van der Waals surface area contributed by atoms with Gasteiger partial charge in [-0.25, -0.2) is 0 Å². The molecule has 1 saturated carbocycles. The Morgan fingerprint density at radius 3 is 2.40 bits per heavy atom. The van der Waals surface area contributed by atoms with Gasteiger partial charge in [0.2, 0.25) is 0 Å². The van der Waals surface area contributed by atoms with Crippen molar-refractivity contribution < 1.29 is 4.74 Å². The zero-order valence-corrected chi connectivity index (χ0v) is 10.1. The van der Waals surface area contributed by atoms with Crippen LogP contribution in [0.1, 0.15) is 33.1 Å². The predicted molar refractivity (Wildman–Crippen MR) is 60.8 cm³/mol. The van der Waals surface area contributed by atoms with Crippen LogP contribution in [0, 0.1) is 16.7 Å². The largest absolute Gasteiger partial charge is 0.381 e. The summed E-state index contributed by atoms with van der Waals surface area (Å²) < 4.78 is 5.52. The average molecular weight is 209 g/mol. The summed E-state index contributed by atoms with van der Waals surface area (Å²) in [6.45, 7) is 10.8. The molecule has 0 unspecified atom stereocenters. The lowest BCUT2D eigenvalue weighted by atomic mass is 9.78. The van der Waals surface area contributed by atoms with Crippen molar-refractivity contribution in [3.05, 3.63) is 0 Å². The van der Waals surface area contributed by atoms with Crippen molar-refractivity contribution in [2.45, 2.75) is 33.1 Å². The van der Waals surface area contributed by atoms with Crippen molar-refractivity contribution in [2.75, 3.05) is 32.8 Å². The third kappa shape index (κ3) is 1.62. The zero-order valence-electron chi connectivity index (χ0n) is 10.1. The van der Waals surface area contributed by atoms with Crippen LogP contribution in [-0.2, 0) is 4.74 Å². The summed E-state index contributed by atoms with van der Waals surface area (Å²) in [6.07, 6.45) is 4.23. The molecule has 0 bridgehead atoms. The van der Waals surface area contributed by atoms with E-state index in [9.17, 15) is 0 Å². The van der Waals surface area contributed by atoms with Gasteiger partial charge in [0.1, 0.15) is 0 Å². The molecule has 0 aromatic rings. The standard InChI is InChI=1S/C13H23NO/c1-11(2)13(3-4-13)9-14-7-12(8-14)5-6-15-10-12/h11H,3-10H2,1-2H3. The van der Waals surface area contributed by atoms with Gasteiger partial charge in [-0.2, -0.15) is 0 Å². The first-order valence-corrected chi connectivity index (χ1v) is 6.44. The summed E-state index contributed by atoms with van der Waals surface area (Å²) >= 11 is 0. The normalized spacial score (nSPS) is 32.2. The molecule has 15 heavy (non-hydrogen) atoms. The highest BCUT2D eigenvalue weighted by molar-refractivity contribution is 5.04. The molecular weight excluding hydrogens is 186 g/mol. The molecule has 2 nitrogen and oxygen atoms in total. The summed E-state index contributed by atoms with van der Waals surface area (Å²) in [6, 6.07) is 0. The van der Waals surface area contributed by atoms with Crippen molar-refractivity contribution in [3.63, 3.8) is 0 Å². The maximum Gasteiger partial charge on any atom is 0.0547 e. The first-order chi connectivity index (χ1) is 7.14. The molecule has 0 N–H and O–H groups in total. The predicted octanol–water partition coefficient (Wildman–Crippen LogP) is 2.14. The van der Waals surface area contributed by atoms with E-state index in [4.69, 9.17) is 4.74 Å². The molecule has 0 radical (unpaired) electrons. The Morgan fingerprint density at radius 2 is 1.93 bits per heavy atom. The maximum absolute atomic E-state index is 5.52. The van der Waals surface area contributed by atoms with E-state index in [1.54, 1.807) is 0 Å². The fourth-order valence-corrected chi connectivity index (χ4v) is 3.44. The smallest absolute Gasteiger partial charge is 0.0547 e. The molecule has 86 valence electrons. The van der Waals surface area contributed by atoms with Crippen molar-refractivity contribution in [2.24, 2.45) is 16.7 Å². The Morgan fingerprint density at radius 1 is 1.20 bits per heavy atom. The van der Waals surface area contributed by atoms with Crippen LogP contribution in [0.4, 0.5) is 0 Å². The fraction of sp³-hybridized carbons (Fsp3) is 1.00. The molecule has 3 fully saturated rings.